The molecule has 0 amide bonds. The van der Waals surface area contributed by atoms with Gasteiger partial charge in [-0.05, 0) is 61.6 Å². The minimum absolute atomic E-state index is 0.362. The summed E-state index contributed by atoms with van der Waals surface area (Å²) in [7, 11) is 0. The second-order valence-electron chi connectivity index (χ2n) is 6.04. The number of thiol groups is 1. The van der Waals surface area contributed by atoms with Crippen molar-refractivity contribution >= 4 is 12.6 Å². The number of hydrogen-bond donors (Lipinski definition) is 1. The lowest BCUT2D eigenvalue weighted by Crippen LogP contribution is -2.25. The molecule has 0 bridgehead atoms. The van der Waals surface area contributed by atoms with Crippen LogP contribution in [0.5, 0.6) is 5.75 Å². The van der Waals surface area contributed by atoms with Gasteiger partial charge in [-0.3, -0.25) is 0 Å². The van der Waals surface area contributed by atoms with Gasteiger partial charge in [-0.1, -0.05) is 38.1 Å². The fourth-order valence-corrected chi connectivity index (χ4v) is 2.47. The lowest BCUT2D eigenvalue weighted by Gasteiger charge is -2.27. The summed E-state index contributed by atoms with van der Waals surface area (Å²) in [6.07, 6.45) is 1.15. The third-order valence-corrected chi connectivity index (χ3v) is 4.30. The molecule has 0 heterocycles. The van der Waals surface area contributed by atoms with Crippen LogP contribution in [0.15, 0.2) is 53.4 Å². The topological polar surface area (TPSA) is 9.23 Å². The van der Waals surface area contributed by atoms with Gasteiger partial charge >= 0.3 is 0 Å². The monoisotopic (exact) mass is 300 g/mol. The van der Waals surface area contributed by atoms with Crippen molar-refractivity contribution in [1.82, 2.24) is 0 Å². The van der Waals surface area contributed by atoms with Crippen LogP contribution in [0.3, 0.4) is 0 Å². The molecule has 2 aromatic rings. The minimum atomic E-state index is -0.362. The van der Waals surface area contributed by atoms with Crippen LogP contribution in [-0.2, 0) is 5.60 Å². The van der Waals surface area contributed by atoms with Crippen molar-refractivity contribution in [3.05, 3.63) is 59.7 Å². The summed E-state index contributed by atoms with van der Waals surface area (Å²) >= 11 is 4.33. The zero-order valence-electron chi connectivity index (χ0n) is 13.3. The van der Waals surface area contributed by atoms with Crippen LogP contribution in [0.4, 0.5) is 0 Å². The van der Waals surface area contributed by atoms with E-state index >= 15 is 0 Å². The van der Waals surface area contributed by atoms with E-state index < -0.39 is 0 Å². The van der Waals surface area contributed by atoms with Crippen LogP contribution in [0.2, 0.25) is 0 Å². The van der Waals surface area contributed by atoms with Crippen molar-refractivity contribution in [3.63, 3.8) is 0 Å². The van der Waals surface area contributed by atoms with Gasteiger partial charge in [0.25, 0.3) is 0 Å². The zero-order valence-corrected chi connectivity index (χ0v) is 14.2. The molecule has 0 spiro atoms. The highest BCUT2D eigenvalue weighted by Gasteiger charge is 2.22. The molecule has 2 heteroatoms. The first-order valence-corrected chi connectivity index (χ1v) is 7.95. The van der Waals surface area contributed by atoms with Crippen LogP contribution >= 0.6 is 12.6 Å². The van der Waals surface area contributed by atoms with Gasteiger partial charge in [0.1, 0.15) is 11.4 Å². The predicted molar refractivity (Wildman–Crippen MR) is 92.5 cm³/mol. The van der Waals surface area contributed by atoms with Gasteiger partial charge in [-0.25, -0.2) is 0 Å². The summed E-state index contributed by atoms with van der Waals surface area (Å²) in [4.78, 5) is 0.965. The van der Waals surface area contributed by atoms with E-state index in [4.69, 9.17) is 4.74 Å². The molecule has 0 aliphatic rings. The first-order chi connectivity index (χ1) is 9.92. The molecule has 1 nitrogen and oxygen atoms in total. The average molecular weight is 300 g/mol. The molecular formula is C19H24OS. The Morgan fingerprint density at radius 3 is 2.10 bits per heavy atom. The van der Waals surface area contributed by atoms with Crippen molar-refractivity contribution in [1.29, 1.82) is 0 Å². The Morgan fingerprint density at radius 1 is 1.00 bits per heavy atom. The molecule has 2 rings (SSSR count). The fourth-order valence-electron chi connectivity index (χ4n) is 2.32. The first kappa shape index (κ1) is 16.0. The van der Waals surface area contributed by atoms with Gasteiger partial charge in [-0.15, -0.1) is 12.6 Å². The Morgan fingerprint density at radius 2 is 1.57 bits per heavy atom. The smallest absolute Gasteiger partial charge is 0.128 e. The summed E-state index contributed by atoms with van der Waals surface area (Å²) in [5.41, 5.74) is 2.15. The molecule has 2 aromatic carbocycles. The van der Waals surface area contributed by atoms with Crippen LogP contribution in [0.25, 0.3) is 0 Å². The van der Waals surface area contributed by atoms with E-state index in [1.165, 1.54) is 5.56 Å². The Hall–Kier alpha value is -1.41. The normalized spacial score (nSPS) is 13.0. The number of benzene rings is 2. The Labute approximate surface area is 133 Å². The fraction of sp³-hybridized carbons (Fsp3) is 0.368. The Bertz CT molecular complexity index is 570. The van der Waals surface area contributed by atoms with E-state index in [1.54, 1.807) is 0 Å². The van der Waals surface area contributed by atoms with E-state index in [2.05, 4.69) is 76.7 Å². The second kappa shape index (κ2) is 6.57. The van der Waals surface area contributed by atoms with Gasteiger partial charge in [0, 0.05) is 4.90 Å². The van der Waals surface area contributed by atoms with Crippen molar-refractivity contribution in [2.75, 3.05) is 0 Å². The summed E-state index contributed by atoms with van der Waals surface area (Å²) in [6.45, 7) is 8.63. The molecule has 1 atom stereocenters. The van der Waals surface area contributed by atoms with E-state index in [-0.39, 0.29) is 5.60 Å². The molecule has 1 unspecified atom stereocenters. The van der Waals surface area contributed by atoms with E-state index in [0.717, 1.165) is 22.6 Å². The van der Waals surface area contributed by atoms with Crippen molar-refractivity contribution in [2.24, 2.45) is 0 Å². The molecule has 0 aliphatic heterocycles. The molecule has 0 radical (unpaired) electrons. The van der Waals surface area contributed by atoms with E-state index in [9.17, 15) is 0 Å². The Balaban J connectivity index is 2.14. The van der Waals surface area contributed by atoms with Gasteiger partial charge in [0.05, 0.1) is 0 Å². The maximum absolute atomic E-state index is 6.17. The number of ether oxygens (including phenoxy) is 1. The number of hydrogen-bond acceptors (Lipinski definition) is 2. The highest BCUT2D eigenvalue weighted by Crippen LogP contribution is 2.29. The van der Waals surface area contributed by atoms with E-state index in [0.29, 0.717) is 5.92 Å². The highest BCUT2D eigenvalue weighted by atomic mass is 32.1. The zero-order chi connectivity index (χ0) is 15.5. The van der Waals surface area contributed by atoms with Gasteiger partial charge in [0.15, 0.2) is 0 Å². The predicted octanol–water partition coefficient (Wildman–Crippen LogP) is 5.80. The van der Waals surface area contributed by atoms with E-state index in [1.807, 2.05) is 12.1 Å². The maximum Gasteiger partial charge on any atom is 0.128 e. The highest BCUT2D eigenvalue weighted by molar-refractivity contribution is 7.80. The molecule has 0 saturated carbocycles. The standard InChI is InChI=1S/C19H24OS/c1-5-14(2)15-6-10-17(11-7-15)20-19(3,4)16-8-12-18(21)13-9-16/h6-14,21H,5H2,1-4H3. The summed E-state index contributed by atoms with van der Waals surface area (Å²) in [5, 5.41) is 0. The summed E-state index contributed by atoms with van der Waals surface area (Å²) in [5.74, 6) is 1.50. The van der Waals surface area contributed by atoms with Gasteiger partial charge in [0.2, 0.25) is 0 Å². The molecule has 0 aromatic heterocycles. The van der Waals surface area contributed by atoms with Crippen LogP contribution in [0, 0.1) is 0 Å². The van der Waals surface area contributed by atoms with Crippen molar-refractivity contribution < 1.29 is 4.74 Å². The lowest BCUT2D eigenvalue weighted by molar-refractivity contribution is 0.109. The van der Waals surface area contributed by atoms with Gasteiger partial charge < -0.3 is 4.74 Å². The summed E-state index contributed by atoms with van der Waals surface area (Å²) in [6, 6.07) is 16.6. The minimum Gasteiger partial charge on any atom is -0.483 e. The number of rotatable bonds is 5. The molecule has 0 aliphatic carbocycles. The van der Waals surface area contributed by atoms with Crippen LogP contribution < -0.4 is 4.74 Å². The SMILES string of the molecule is CCC(C)c1ccc(OC(C)(C)c2ccc(S)cc2)cc1. The third kappa shape index (κ3) is 4.04. The maximum atomic E-state index is 6.17. The van der Waals surface area contributed by atoms with Gasteiger partial charge in [-0.2, -0.15) is 0 Å². The van der Waals surface area contributed by atoms with Crippen LogP contribution in [0.1, 0.15) is 51.2 Å². The molecule has 0 saturated heterocycles. The van der Waals surface area contributed by atoms with Crippen LogP contribution in [-0.4, -0.2) is 0 Å². The molecular weight excluding hydrogens is 276 g/mol. The summed E-state index contributed by atoms with van der Waals surface area (Å²) < 4.78 is 6.17. The molecule has 21 heavy (non-hydrogen) atoms. The first-order valence-electron chi connectivity index (χ1n) is 7.51. The largest absolute Gasteiger partial charge is 0.483 e. The molecule has 0 fully saturated rings. The molecule has 112 valence electrons. The Kier molecular flexibility index (Phi) is 5.00. The average Bonchev–Trinajstić information content (AvgIpc) is 2.47. The quantitative estimate of drug-likeness (QED) is 0.686. The molecule has 0 N–H and O–H groups in total. The van der Waals surface area contributed by atoms with Crippen molar-refractivity contribution in [3.8, 4) is 5.75 Å². The third-order valence-electron chi connectivity index (χ3n) is 4.00. The van der Waals surface area contributed by atoms with Crippen molar-refractivity contribution in [2.45, 2.75) is 50.5 Å². The lowest BCUT2D eigenvalue weighted by atomic mass is 9.97. The second-order valence-corrected chi connectivity index (χ2v) is 6.55.